The van der Waals surface area contributed by atoms with E-state index in [4.69, 9.17) is 5.11 Å². The van der Waals surface area contributed by atoms with Crippen LogP contribution in [0.25, 0.3) is 10.2 Å². The quantitative estimate of drug-likeness (QED) is 0.466. The van der Waals surface area contributed by atoms with E-state index >= 15 is 0 Å². The van der Waals surface area contributed by atoms with Crippen LogP contribution in [-0.2, 0) is 17.9 Å². The molecule has 4 rings (SSSR count). The first-order chi connectivity index (χ1) is 15.3. The molecule has 2 heterocycles. The number of carbonyl (C=O) groups is 1. The van der Waals surface area contributed by atoms with Crippen LogP contribution in [0.5, 0.6) is 0 Å². The summed E-state index contributed by atoms with van der Waals surface area (Å²) in [5, 5.41) is 9.37. The number of carboxylic acid groups (broad SMARTS) is 1. The molecule has 0 radical (unpaired) electrons. The van der Waals surface area contributed by atoms with Gasteiger partial charge < -0.3 is 5.11 Å². The molecule has 2 aromatic carbocycles. The van der Waals surface area contributed by atoms with E-state index in [2.05, 4.69) is 15.0 Å². The third-order valence-corrected chi connectivity index (χ3v) is 5.84. The number of aryl methyl sites for hydroxylation is 2. The fourth-order valence-electron chi connectivity index (χ4n) is 3.22. The van der Waals surface area contributed by atoms with Gasteiger partial charge in [0.2, 0.25) is 10.7 Å². The first-order valence-corrected chi connectivity index (χ1v) is 10.7. The van der Waals surface area contributed by atoms with Crippen molar-refractivity contribution < 1.29 is 9.90 Å². The second-order valence-electron chi connectivity index (χ2n) is 7.48. The van der Waals surface area contributed by atoms with Crippen LogP contribution >= 0.6 is 11.3 Å². The van der Waals surface area contributed by atoms with Crippen molar-refractivity contribution in [3.63, 3.8) is 0 Å². The van der Waals surface area contributed by atoms with Gasteiger partial charge in [-0.05, 0) is 37.1 Å². The lowest BCUT2D eigenvalue weighted by atomic mass is 10.1. The zero-order valence-electron chi connectivity index (χ0n) is 17.5. The predicted molar refractivity (Wildman–Crippen MR) is 121 cm³/mol. The molecule has 0 saturated heterocycles. The Hall–Kier alpha value is -3.79. The summed E-state index contributed by atoms with van der Waals surface area (Å²) in [6, 6.07) is 13.5. The van der Waals surface area contributed by atoms with Crippen molar-refractivity contribution in [3.05, 3.63) is 85.7 Å². The third kappa shape index (κ3) is 4.59. The van der Waals surface area contributed by atoms with Crippen molar-refractivity contribution in [1.29, 1.82) is 0 Å². The zero-order chi connectivity index (χ0) is 22.8. The average molecular weight is 452 g/mol. The molecule has 0 aliphatic carbocycles. The van der Waals surface area contributed by atoms with E-state index in [9.17, 15) is 14.4 Å². The van der Waals surface area contributed by atoms with Crippen LogP contribution in [-0.4, -0.2) is 30.2 Å². The van der Waals surface area contributed by atoms with Gasteiger partial charge in [-0.25, -0.2) is 19.1 Å². The highest BCUT2D eigenvalue weighted by Gasteiger charge is 2.12. The number of rotatable bonds is 6. The minimum atomic E-state index is -1.10. The van der Waals surface area contributed by atoms with Crippen LogP contribution < -0.4 is 17.0 Å². The van der Waals surface area contributed by atoms with E-state index in [0.717, 1.165) is 31.5 Å². The number of carboxylic acids is 1. The van der Waals surface area contributed by atoms with Gasteiger partial charge in [0, 0.05) is 6.54 Å². The van der Waals surface area contributed by atoms with Crippen molar-refractivity contribution in [1.82, 2.24) is 19.1 Å². The molecule has 0 unspecified atom stereocenters. The van der Waals surface area contributed by atoms with Crippen LogP contribution in [0, 0.1) is 13.8 Å². The van der Waals surface area contributed by atoms with E-state index in [-0.39, 0.29) is 25.1 Å². The SMILES string of the molecule is Cc1ccc(Cn2c(=O)n(CCC(=O)O)c(=O)[nH]/c2=N\c2nc3ccc(C)cc3s2)cc1. The van der Waals surface area contributed by atoms with Gasteiger partial charge in [-0.15, -0.1) is 0 Å². The molecule has 0 atom stereocenters. The number of nitrogens with zero attached hydrogens (tertiary/aromatic N) is 4. The Kier molecular flexibility index (Phi) is 5.87. The zero-order valence-corrected chi connectivity index (χ0v) is 18.3. The minimum Gasteiger partial charge on any atom is -0.481 e. The molecule has 32 heavy (non-hydrogen) atoms. The van der Waals surface area contributed by atoms with Crippen LogP contribution in [0.4, 0.5) is 5.13 Å². The molecule has 2 aromatic heterocycles. The number of fused-ring (bicyclic) bond motifs is 1. The summed E-state index contributed by atoms with van der Waals surface area (Å²) in [6.45, 7) is 3.87. The summed E-state index contributed by atoms with van der Waals surface area (Å²) in [5.41, 5.74) is 2.50. The van der Waals surface area contributed by atoms with Crippen molar-refractivity contribution in [3.8, 4) is 0 Å². The van der Waals surface area contributed by atoms with E-state index in [1.807, 2.05) is 56.3 Å². The molecule has 0 amide bonds. The van der Waals surface area contributed by atoms with E-state index in [1.165, 1.54) is 15.9 Å². The van der Waals surface area contributed by atoms with Crippen molar-refractivity contribution >= 4 is 32.7 Å². The summed E-state index contributed by atoms with van der Waals surface area (Å²) in [4.78, 5) is 48.2. The Morgan fingerprint density at radius 1 is 1.09 bits per heavy atom. The predicted octanol–water partition coefficient (Wildman–Crippen LogP) is 2.32. The molecule has 0 aliphatic heterocycles. The number of aliphatic carboxylic acids is 1. The normalized spacial score (nSPS) is 11.9. The molecule has 164 valence electrons. The third-order valence-electron chi connectivity index (χ3n) is 4.93. The van der Waals surface area contributed by atoms with E-state index < -0.39 is 17.3 Å². The number of nitrogens with one attached hydrogen (secondary N) is 1. The minimum absolute atomic E-state index is 0.0583. The lowest BCUT2D eigenvalue weighted by Crippen LogP contribution is -2.50. The highest BCUT2D eigenvalue weighted by molar-refractivity contribution is 7.21. The summed E-state index contributed by atoms with van der Waals surface area (Å²) in [6.07, 6.45) is -0.346. The van der Waals surface area contributed by atoms with Gasteiger partial charge in [-0.3, -0.25) is 14.3 Å². The molecule has 10 heteroatoms. The number of thiazole rings is 1. The molecular weight excluding hydrogens is 430 g/mol. The lowest BCUT2D eigenvalue weighted by Gasteiger charge is -2.10. The van der Waals surface area contributed by atoms with E-state index in [0.29, 0.717) is 5.13 Å². The van der Waals surface area contributed by atoms with Gasteiger partial charge in [0.1, 0.15) is 0 Å². The highest BCUT2D eigenvalue weighted by atomic mass is 32.1. The first-order valence-electron chi connectivity index (χ1n) is 9.93. The van der Waals surface area contributed by atoms with Crippen LogP contribution in [0.3, 0.4) is 0 Å². The maximum absolute atomic E-state index is 13.1. The van der Waals surface area contributed by atoms with Crippen LogP contribution in [0.1, 0.15) is 23.1 Å². The largest absolute Gasteiger partial charge is 0.481 e. The molecular formula is C22H21N5O4S. The van der Waals surface area contributed by atoms with E-state index in [1.54, 1.807) is 0 Å². The summed E-state index contributed by atoms with van der Waals surface area (Å²) >= 11 is 1.35. The van der Waals surface area contributed by atoms with Crippen LogP contribution in [0.2, 0.25) is 0 Å². The Morgan fingerprint density at radius 2 is 1.81 bits per heavy atom. The molecule has 2 N–H and O–H groups in total. The molecule has 9 nitrogen and oxygen atoms in total. The Morgan fingerprint density at radius 3 is 2.53 bits per heavy atom. The first kappa shape index (κ1) is 21.4. The van der Waals surface area contributed by atoms with Crippen molar-refractivity contribution in [2.24, 2.45) is 4.99 Å². The number of hydrogen-bond acceptors (Lipinski definition) is 6. The Bertz CT molecular complexity index is 1490. The lowest BCUT2D eigenvalue weighted by molar-refractivity contribution is -0.137. The molecule has 0 saturated carbocycles. The van der Waals surface area contributed by atoms with Crippen molar-refractivity contribution in [2.75, 3.05) is 0 Å². The highest BCUT2D eigenvalue weighted by Crippen LogP contribution is 2.28. The number of benzene rings is 2. The maximum atomic E-state index is 13.1. The second-order valence-corrected chi connectivity index (χ2v) is 8.49. The second kappa shape index (κ2) is 8.75. The van der Waals surface area contributed by atoms with Gasteiger partial charge in [0.05, 0.1) is 23.2 Å². The van der Waals surface area contributed by atoms with Crippen LogP contribution in [0.15, 0.2) is 57.0 Å². The van der Waals surface area contributed by atoms with Gasteiger partial charge >= 0.3 is 17.3 Å². The Labute approximate surface area is 186 Å². The maximum Gasteiger partial charge on any atom is 0.335 e. The van der Waals surface area contributed by atoms with Gasteiger partial charge in [0.15, 0.2) is 0 Å². The fourth-order valence-corrected chi connectivity index (χ4v) is 4.16. The summed E-state index contributed by atoms with van der Waals surface area (Å²) in [5.74, 6) is -1.10. The fraction of sp³-hybridized carbons (Fsp3) is 0.227. The average Bonchev–Trinajstić information content (AvgIpc) is 3.13. The Balaban J connectivity index is 1.88. The smallest absolute Gasteiger partial charge is 0.335 e. The monoisotopic (exact) mass is 451 g/mol. The molecule has 0 aliphatic rings. The number of H-pyrrole nitrogens is 1. The molecule has 0 bridgehead atoms. The van der Waals surface area contributed by atoms with Gasteiger partial charge in [-0.2, -0.15) is 4.99 Å². The number of aromatic amines is 1. The number of aromatic nitrogens is 4. The number of hydrogen-bond donors (Lipinski definition) is 2. The molecule has 0 fully saturated rings. The molecule has 0 spiro atoms. The van der Waals surface area contributed by atoms with Gasteiger partial charge in [-0.1, -0.05) is 47.2 Å². The topological polar surface area (TPSA) is 122 Å². The standard InChI is InChI=1S/C22H21N5O4S/c1-13-3-6-15(7-4-13)12-27-19(25-21(30)26(22(27)31)10-9-18(28)29)24-20-23-16-8-5-14(2)11-17(16)32-20/h3-8,11H,9-10,12H2,1-2H3,(H,28,29)(H,23,24,25,30). The molecule has 4 aromatic rings. The summed E-state index contributed by atoms with van der Waals surface area (Å²) in [7, 11) is 0. The van der Waals surface area contributed by atoms with Crippen molar-refractivity contribution in [2.45, 2.75) is 33.4 Å². The summed E-state index contributed by atoms with van der Waals surface area (Å²) < 4.78 is 3.15. The van der Waals surface area contributed by atoms with Gasteiger partial charge in [0.25, 0.3) is 0 Å².